The fourth-order valence-electron chi connectivity index (χ4n) is 9.66. The molecule has 2 nitrogen and oxygen atoms in total. The molecule has 0 saturated carbocycles. The summed E-state index contributed by atoms with van der Waals surface area (Å²) in [5.41, 5.74) is 11.5. The molecule has 0 radical (unpaired) electrons. The van der Waals surface area contributed by atoms with Gasteiger partial charge < -0.3 is 10.2 Å². The standard InChI is InChI=1S/C54H40N2/c1-35-21-27-40(28-22-35)54(41-29-23-36(2)24-30-41,42-31-25-38(26-32-42)53-55-49-19-6-7-20-50(49)56(53)44-14-4-3-5-15-44)43-33-39-13-10-17-46-45-16-8-11-37-12-9-18-47(51(37)45)48(34-43)52(39)46/h3-34,53,55H,1-2H3. The number of fused-ring (bicyclic) bond motifs is 3. The van der Waals surface area contributed by atoms with Crippen molar-refractivity contribution in [2.75, 3.05) is 10.2 Å². The molecule has 10 aromatic carbocycles. The van der Waals surface area contributed by atoms with Crippen LogP contribution in [0.4, 0.5) is 17.1 Å². The summed E-state index contributed by atoms with van der Waals surface area (Å²) in [5.74, 6) is 0. The van der Waals surface area contributed by atoms with E-state index in [1.54, 1.807) is 0 Å². The summed E-state index contributed by atoms with van der Waals surface area (Å²) < 4.78 is 0. The minimum Gasteiger partial charge on any atom is -0.359 e. The third-order valence-electron chi connectivity index (χ3n) is 12.3. The first-order valence-electron chi connectivity index (χ1n) is 19.6. The van der Waals surface area contributed by atoms with Gasteiger partial charge in [-0.25, -0.2) is 0 Å². The number of hydrogen-bond acceptors (Lipinski definition) is 2. The van der Waals surface area contributed by atoms with Gasteiger partial charge in [-0.15, -0.1) is 0 Å². The first kappa shape index (κ1) is 32.5. The van der Waals surface area contributed by atoms with Gasteiger partial charge in [-0.1, -0.05) is 169 Å². The van der Waals surface area contributed by atoms with Crippen molar-refractivity contribution in [1.29, 1.82) is 0 Å². The van der Waals surface area contributed by atoms with Crippen LogP contribution in [0.2, 0.25) is 0 Å². The summed E-state index contributed by atoms with van der Waals surface area (Å²) in [5, 5.41) is 14.3. The van der Waals surface area contributed by atoms with E-state index in [1.807, 2.05) is 0 Å². The second-order valence-corrected chi connectivity index (χ2v) is 15.5. The predicted octanol–water partition coefficient (Wildman–Crippen LogP) is 14.0. The van der Waals surface area contributed by atoms with Crippen LogP contribution in [-0.2, 0) is 5.41 Å². The Bertz CT molecular complexity index is 3000. The lowest BCUT2D eigenvalue weighted by Gasteiger charge is -2.38. The van der Waals surface area contributed by atoms with E-state index in [0.717, 1.165) is 11.4 Å². The number of rotatable bonds is 6. The van der Waals surface area contributed by atoms with E-state index in [-0.39, 0.29) is 6.17 Å². The largest absolute Gasteiger partial charge is 0.359 e. The fourth-order valence-corrected chi connectivity index (χ4v) is 9.66. The molecule has 0 fully saturated rings. The maximum atomic E-state index is 3.86. The summed E-state index contributed by atoms with van der Waals surface area (Å²) in [6.45, 7) is 4.36. The topological polar surface area (TPSA) is 15.3 Å². The van der Waals surface area contributed by atoms with Crippen LogP contribution < -0.4 is 10.2 Å². The lowest BCUT2D eigenvalue weighted by atomic mass is 9.64. The molecule has 1 heterocycles. The van der Waals surface area contributed by atoms with E-state index in [0.29, 0.717) is 0 Å². The molecule has 1 aliphatic rings. The molecule has 0 spiro atoms. The SMILES string of the molecule is Cc1ccc(C(c2ccc(C)cc2)(c2ccc(C3Nc4ccccc4N3c3ccccc3)cc2)c2cc3cccc4c5cccc6cccc(c(c2)c34)c65)cc1. The Morgan fingerprint density at radius 2 is 0.946 bits per heavy atom. The molecule has 1 aliphatic heterocycles. The second-order valence-electron chi connectivity index (χ2n) is 15.5. The van der Waals surface area contributed by atoms with Gasteiger partial charge in [-0.3, -0.25) is 0 Å². The zero-order valence-corrected chi connectivity index (χ0v) is 31.5. The van der Waals surface area contributed by atoms with Gasteiger partial charge in [0.15, 0.2) is 0 Å². The van der Waals surface area contributed by atoms with E-state index in [2.05, 4.69) is 218 Å². The zero-order valence-electron chi connectivity index (χ0n) is 31.5. The highest BCUT2D eigenvalue weighted by molar-refractivity contribution is 6.33. The van der Waals surface area contributed by atoms with Crippen LogP contribution in [0, 0.1) is 13.8 Å². The Morgan fingerprint density at radius 3 is 1.57 bits per heavy atom. The van der Waals surface area contributed by atoms with Crippen LogP contribution in [0.5, 0.6) is 0 Å². The summed E-state index contributed by atoms with van der Waals surface area (Å²) >= 11 is 0. The predicted molar refractivity (Wildman–Crippen MR) is 237 cm³/mol. The monoisotopic (exact) mass is 716 g/mol. The summed E-state index contributed by atoms with van der Waals surface area (Å²) in [4.78, 5) is 2.42. The molecule has 0 bridgehead atoms. The first-order chi connectivity index (χ1) is 27.6. The van der Waals surface area contributed by atoms with Gasteiger partial charge in [0.05, 0.1) is 16.8 Å². The lowest BCUT2D eigenvalue weighted by Crippen LogP contribution is -2.31. The van der Waals surface area contributed by atoms with Gasteiger partial charge in [0.2, 0.25) is 0 Å². The Hall–Kier alpha value is -6.90. The van der Waals surface area contributed by atoms with Crippen LogP contribution in [0.15, 0.2) is 194 Å². The number of nitrogens with one attached hydrogen (secondary N) is 1. The van der Waals surface area contributed by atoms with Crippen molar-refractivity contribution in [2.24, 2.45) is 0 Å². The lowest BCUT2D eigenvalue weighted by molar-refractivity contribution is 0.743. The number of hydrogen-bond donors (Lipinski definition) is 1. The molecule has 1 N–H and O–H groups in total. The molecule has 0 saturated heterocycles. The molecule has 11 rings (SSSR count). The molecule has 0 aromatic heterocycles. The molecule has 266 valence electrons. The Labute approximate surface area is 327 Å². The molecular formula is C54H40N2. The zero-order chi connectivity index (χ0) is 37.4. The quantitative estimate of drug-likeness (QED) is 0.105. The van der Waals surface area contributed by atoms with Gasteiger partial charge in [0, 0.05) is 5.69 Å². The van der Waals surface area contributed by atoms with E-state index >= 15 is 0 Å². The molecule has 2 heteroatoms. The first-order valence-corrected chi connectivity index (χ1v) is 19.6. The Kier molecular flexibility index (Phi) is 7.31. The maximum Gasteiger partial charge on any atom is 0.130 e. The smallest absolute Gasteiger partial charge is 0.130 e. The third kappa shape index (κ3) is 4.82. The third-order valence-corrected chi connectivity index (χ3v) is 12.3. The minimum absolute atomic E-state index is 0.0545. The van der Waals surface area contributed by atoms with Gasteiger partial charge in [-0.05, 0) is 121 Å². The number of anilines is 3. The van der Waals surface area contributed by atoms with E-state index in [1.165, 1.54) is 87.7 Å². The molecule has 1 atom stereocenters. The average Bonchev–Trinajstić information content (AvgIpc) is 3.64. The van der Waals surface area contributed by atoms with Gasteiger partial charge >= 0.3 is 0 Å². The Morgan fingerprint density at radius 1 is 0.429 bits per heavy atom. The second kappa shape index (κ2) is 12.6. The highest BCUT2D eigenvalue weighted by Crippen LogP contribution is 2.50. The summed E-state index contributed by atoms with van der Waals surface area (Å²) in [6, 6.07) is 72.6. The van der Waals surface area contributed by atoms with Gasteiger partial charge in [0.1, 0.15) is 6.17 Å². The Balaban J connectivity index is 1.19. The minimum atomic E-state index is -0.614. The van der Waals surface area contributed by atoms with Crippen LogP contribution in [-0.4, -0.2) is 0 Å². The van der Waals surface area contributed by atoms with E-state index in [9.17, 15) is 0 Å². The van der Waals surface area contributed by atoms with Crippen molar-refractivity contribution >= 4 is 60.2 Å². The van der Waals surface area contributed by atoms with Crippen molar-refractivity contribution in [1.82, 2.24) is 0 Å². The molecule has 56 heavy (non-hydrogen) atoms. The molecule has 0 aliphatic carbocycles. The molecule has 1 unspecified atom stereocenters. The summed E-state index contributed by atoms with van der Waals surface area (Å²) in [6.07, 6.45) is -0.0545. The molecular weight excluding hydrogens is 677 g/mol. The average molecular weight is 717 g/mol. The highest BCUT2D eigenvalue weighted by atomic mass is 15.3. The van der Waals surface area contributed by atoms with E-state index < -0.39 is 5.41 Å². The van der Waals surface area contributed by atoms with Crippen LogP contribution >= 0.6 is 0 Å². The van der Waals surface area contributed by atoms with Crippen LogP contribution in [0.1, 0.15) is 45.1 Å². The van der Waals surface area contributed by atoms with Crippen molar-refractivity contribution in [3.63, 3.8) is 0 Å². The highest BCUT2D eigenvalue weighted by Gasteiger charge is 2.40. The normalized spacial score (nSPS) is 14.2. The van der Waals surface area contributed by atoms with Crippen molar-refractivity contribution in [3.05, 3.63) is 233 Å². The molecule has 0 amide bonds. The van der Waals surface area contributed by atoms with Gasteiger partial charge in [0.25, 0.3) is 0 Å². The number of para-hydroxylation sites is 3. The van der Waals surface area contributed by atoms with Gasteiger partial charge in [-0.2, -0.15) is 0 Å². The number of aryl methyl sites for hydroxylation is 2. The maximum absolute atomic E-state index is 3.86. The molecule has 10 aromatic rings. The number of nitrogens with zero attached hydrogens (tertiary/aromatic N) is 1. The van der Waals surface area contributed by atoms with Crippen molar-refractivity contribution in [3.8, 4) is 0 Å². The van der Waals surface area contributed by atoms with Crippen LogP contribution in [0.3, 0.4) is 0 Å². The number of benzene rings is 10. The van der Waals surface area contributed by atoms with Crippen molar-refractivity contribution < 1.29 is 0 Å². The van der Waals surface area contributed by atoms with Crippen molar-refractivity contribution in [2.45, 2.75) is 25.4 Å². The van der Waals surface area contributed by atoms with Crippen LogP contribution in [0.25, 0.3) is 43.1 Å². The summed E-state index contributed by atoms with van der Waals surface area (Å²) in [7, 11) is 0. The fraction of sp³-hybridized carbons (Fsp3) is 0.0741. The van der Waals surface area contributed by atoms with E-state index in [4.69, 9.17) is 0 Å².